The molecule has 4 aromatic rings. The van der Waals surface area contributed by atoms with Crippen molar-refractivity contribution in [3.05, 3.63) is 106 Å². The van der Waals surface area contributed by atoms with Gasteiger partial charge in [0.15, 0.2) is 0 Å². The van der Waals surface area contributed by atoms with E-state index in [0.29, 0.717) is 35.4 Å². The molecule has 0 aliphatic heterocycles. The van der Waals surface area contributed by atoms with Crippen LogP contribution in [0.25, 0.3) is 16.6 Å². The Labute approximate surface area is 255 Å². The Hall–Kier alpha value is -3.80. The Bertz CT molecular complexity index is 1480. The summed E-state index contributed by atoms with van der Waals surface area (Å²) < 4.78 is 15.4. The molecule has 0 N–H and O–H groups in total. The Morgan fingerprint density at radius 1 is 0.791 bits per heavy atom. The van der Waals surface area contributed by atoms with Gasteiger partial charge in [0.25, 0.3) is 5.56 Å². The third kappa shape index (κ3) is 9.09. The van der Waals surface area contributed by atoms with Gasteiger partial charge in [0, 0.05) is 13.0 Å². The van der Waals surface area contributed by atoms with Crippen molar-refractivity contribution in [2.75, 3.05) is 0 Å². The lowest BCUT2D eigenvalue weighted by molar-refractivity contribution is -0.134. The van der Waals surface area contributed by atoms with Crippen LogP contribution >= 0.6 is 0 Å². The summed E-state index contributed by atoms with van der Waals surface area (Å²) >= 11 is 0. The lowest BCUT2D eigenvalue weighted by Crippen LogP contribution is -2.37. The zero-order chi connectivity index (χ0) is 30.4. The van der Waals surface area contributed by atoms with Crippen molar-refractivity contribution in [2.24, 2.45) is 0 Å². The Morgan fingerprint density at radius 3 is 2.02 bits per heavy atom. The summed E-state index contributed by atoms with van der Waals surface area (Å²) in [5, 5.41) is 0.477. The van der Waals surface area contributed by atoms with Gasteiger partial charge in [0.2, 0.25) is 5.91 Å². The van der Waals surface area contributed by atoms with Gasteiger partial charge in [-0.3, -0.25) is 14.2 Å². The van der Waals surface area contributed by atoms with E-state index in [1.54, 1.807) is 18.2 Å². The minimum Gasteiger partial charge on any atom is -0.328 e. The van der Waals surface area contributed by atoms with E-state index in [9.17, 15) is 14.0 Å². The second-order valence-corrected chi connectivity index (χ2v) is 11.6. The van der Waals surface area contributed by atoms with Crippen LogP contribution in [0.2, 0.25) is 0 Å². The van der Waals surface area contributed by atoms with Crippen LogP contribution in [0, 0.1) is 5.82 Å². The third-order valence-electron chi connectivity index (χ3n) is 8.24. The molecule has 1 heterocycles. The van der Waals surface area contributed by atoms with Crippen molar-refractivity contribution in [1.29, 1.82) is 0 Å². The van der Waals surface area contributed by atoms with Crippen molar-refractivity contribution in [3.8, 4) is 5.69 Å². The van der Waals surface area contributed by atoms with E-state index in [4.69, 9.17) is 4.98 Å². The first-order valence-electron chi connectivity index (χ1n) is 16.1. The van der Waals surface area contributed by atoms with Crippen LogP contribution in [0.5, 0.6) is 0 Å². The maximum absolute atomic E-state index is 13.8. The van der Waals surface area contributed by atoms with Crippen LogP contribution in [-0.2, 0) is 11.3 Å². The molecule has 3 aromatic carbocycles. The van der Waals surface area contributed by atoms with Crippen LogP contribution in [0.4, 0.5) is 4.39 Å². The van der Waals surface area contributed by atoms with Gasteiger partial charge < -0.3 is 4.90 Å². The number of hydrogen-bond donors (Lipinski definition) is 0. The molecular weight excluding hydrogens is 537 g/mol. The first kappa shape index (κ1) is 32.1. The van der Waals surface area contributed by atoms with Gasteiger partial charge in [-0.1, -0.05) is 114 Å². The Balaban J connectivity index is 1.51. The minimum atomic E-state index is -0.497. The fourth-order valence-corrected chi connectivity index (χ4v) is 5.71. The second-order valence-electron chi connectivity index (χ2n) is 11.6. The van der Waals surface area contributed by atoms with Gasteiger partial charge in [-0.15, -0.1) is 0 Å². The lowest BCUT2D eigenvalue weighted by atomic mass is 10.0. The molecule has 0 aliphatic carbocycles. The average molecular weight is 584 g/mol. The molecule has 1 aromatic heterocycles. The number of hydrogen-bond acceptors (Lipinski definition) is 3. The van der Waals surface area contributed by atoms with Gasteiger partial charge in [-0.2, -0.15) is 0 Å². The number of aromatic nitrogens is 2. The fourth-order valence-electron chi connectivity index (χ4n) is 5.71. The van der Waals surface area contributed by atoms with Crippen LogP contribution in [0.3, 0.4) is 0 Å². The number of fused-ring (bicyclic) bond motifs is 1. The van der Waals surface area contributed by atoms with Crippen LogP contribution in [0.15, 0.2) is 83.7 Å². The smallest absolute Gasteiger partial charge is 0.266 e. The molecule has 0 aliphatic rings. The maximum Gasteiger partial charge on any atom is 0.266 e. The number of nitrogens with zero attached hydrogens (tertiary/aromatic N) is 3. The van der Waals surface area contributed by atoms with Crippen molar-refractivity contribution >= 4 is 16.8 Å². The molecule has 5 nitrogen and oxygen atoms in total. The van der Waals surface area contributed by atoms with Gasteiger partial charge in [0.1, 0.15) is 11.6 Å². The van der Waals surface area contributed by atoms with E-state index in [1.165, 1.54) is 68.1 Å². The molecule has 0 saturated carbocycles. The summed E-state index contributed by atoms with van der Waals surface area (Å²) in [5.41, 5.74) is 1.86. The molecule has 43 heavy (non-hydrogen) atoms. The Kier molecular flexibility index (Phi) is 12.5. The van der Waals surface area contributed by atoms with Gasteiger partial charge in [-0.25, -0.2) is 9.37 Å². The standard InChI is InChI=1S/C37H46FN3O2/c1-3-4-5-6-7-8-9-10-11-12-16-23-35(42)40(28-30-19-14-13-15-20-30)29(2)36-39-34-22-18-17-21-33(34)37(43)41(36)32-26-24-31(38)25-27-32/h13-15,17-22,24-27,29H,3-12,16,23,28H2,1-2H3. The molecule has 4 rings (SSSR count). The monoisotopic (exact) mass is 583 g/mol. The van der Waals surface area contributed by atoms with E-state index in [0.717, 1.165) is 24.8 Å². The summed E-state index contributed by atoms with van der Waals surface area (Å²) in [7, 11) is 0. The molecule has 1 atom stereocenters. The van der Waals surface area contributed by atoms with Crippen LogP contribution in [0.1, 0.15) is 108 Å². The number of unbranched alkanes of at least 4 members (excludes halogenated alkanes) is 10. The summed E-state index contributed by atoms with van der Waals surface area (Å²) in [4.78, 5) is 34.4. The zero-order valence-electron chi connectivity index (χ0n) is 25.8. The summed E-state index contributed by atoms with van der Waals surface area (Å²) in [6.45, 7) is 4.59. The average Bonchev–Trinajstić information content (AvgIpc) is 3.03. The van der Waals surface area contributed by atoms with E-state index in [2.05, 4.69) is 6.92 Å². The normalized spacial score (nSPS) is 12.0. The molecule has 6 heteroatoms. The number of benzene rings is 3. The van der Waals surface area contributed by atoms with E-state index < -0.39 is 6.04 Å². The predicted octanol–water partition coefficient (Wildman–Crippen LogP) is 9.32. The molecule has 0 radical (unpaired) electrons. The second kappa shape index (κ2) is 16.7. The SMILES string of the molecule is CCCCCCCCCCCCCC(=O)N(Cc1ccccc1)C(C)c1nc2ccccc2c(=O)n1-c1ccc(F)cc1. The molecule has 1 unspecified atom stereocenters. The molecule has 228 valence electrons. The van der Waals surface area contributed by atoms with E-state index in [1.807, 2.05) is 60.4 Å². The molecule has 0 fully saturated rings. The highest BCUT2D eigenvalue weighted by Gasteiger charge is 2.27. The van der Waals surface area contributed by atoms with Crippen LogP contribution in [-0.4, -0.2) is 20.4 Å². The first-order chi connectivity index (χ1) is 21.0. The number of carbonyl (C=O) groups is 1. The molecule has 0 bridgehead atoms. The summed E-state index contributed by atoms with van der Waals surface area (Å²) in [6, 6.07) is 22.5. The van der Waals surface area contributed by atoms with E-state index in [-0.39, 0.29) is 17.3 Å². The number of halogens is 1. The number of rotatable bonds is 17. The quantitative estimate of drug-likeness (QED) is 0.116. The zero-order valence-corrected chi connectivity index (χ0v) is 25.8. The largest absolute Gasteiger partial charge is 0.328 e. The highest BCUT2D eigenvalue weighted by atomic mass is 19.1. The lowest BCUT2D eigenvalue weighted by Gasteiger charge is -2.31. The predicted molar refractivity (Wildman–Crippen MR) is 174 cm³/mol. The number of para-hydroxylation sites is 1. The van der Waals surface area contributed by atoms with E-state index >= 15 is 0 Å². The van der Waals surface area contributed by atoms with Gasteiger partial charge in [0.05, 0.1) is 22.6 Å². The molecular formula is C37H46FN3O2. The fraction of sp³-hybridized carbons (Fsp3) is 0.432. The Morgan fingerprint density at radius 2 is 1.37 bits per heavy atom. The maximum atomic E-state index is 13.8. The van der Waals surface area contributed by atoms with Gasteiger partial charge in [-0.05, 0) is 55.3 Å². The highest BCUT2D eigenvalue weighted by Crippen LogP contribution is 2.26. The molecule has 1 amide bonds. The number of carbonyl (C=O) groups excluding carboxylic acids is 1. The van der Waals surface area contributed by atoms with Gasteiger partial charge >= 0.3 is 0 Å². The highest BCUT2D eigenvalue weighted by molar-refractivity contribution is 5.79. The summed E-state index contributed by atoms with van der Waals surface area (Å²) in [6.07, 6.45) is 13.9. The van der Waals surface area contributed by atoms with Crippen molar-refractivity contribution < 1.29 is 9.18 Å². The topological polar surface area (TPSA) is 55.2 Å². The van der Waals surface area contributed by atoms with Crippen LogP contribution < -0.4 is 5.56 Å². The third-order valence-corrected chi connectivity index (χ3v) is 8.24. The van der Waals surface area contributed by atoms with Crippen molar-refractivity contribution in [1.82, 2.24) is 14.5 Å². The van der Waals surface area contributed by atoms with Crippen molar-refractivity contribution in [2.45, 2.75) is 103 Å². The minimum absolute atomic E-state index is 0.0420. The summed E-state index contributed by atoms with van der Waals surface area (Å²) in [5.74, 6) is 0.117. The number of amides is 1. The molecule has 0 saturated heterocycles. The van der Waals surface area contributed by atoms with Crippen molar-refractivity contribution in [3.63, 3.8) is 0 Å². The first-order valence-corrected chi connectivity index (χ1v) is 16.1. The molecule has 0 spiro atoms.